The predicted octanol–water partition coefficient (Wildman–Crippen LogP) is 4.05. The van der Waals surface area contributed by atoms with E-state index in [0.29, 0.717) is 17.5 Å². The Kier molecular flexibility index (Phi) is 4.09. The maximum Gasteiger partial charge on any atom is 0.270 e. The van der Waals surface area contributed by atoms with Gasteiger partial charge in [0.1, 0.15) is 16.7 Å². The van der Waals surface area contributed by atoms with Crippen molar-refractivity contribution >= 4 is 23.6 Å². The molecule has 0 atom stereocenters. The first-order valence-electron chi connectivity index (χ1n) is 6.75. The van der Waals surface area contributed by atoms with Crippen LogP contribution in [0.15, 0.2) is 48.5 Å². The summed E-state index contributed by atoms with van der Waals surface area (Å²) in [6.07, 6.45) is 0.513. The van der Waals surface area contributed by atoms with E-state index in [0.717, 1.165) is 0 Å². The highest BCUT2D eigenvalue weighted by molar-refractivity contribution is 6.32. The summed E-state index contributed by atoms with van der Waals surface area (Å²) in [5.74, 6) is -0.483. The first kappa shape index (κ1) is 15.8. The van der Waals surface area contributed by atoms with Crippen LogP contribution in [0.2, 0.25) is 5.15 Å². The van der Waals surface area contributed by atoms with Crippen molar-refractivity contribution in [2.24, 2.45) is 0 Å². The third-order valence-corrected chi connectivity index (χ3v) is 3.73. The van der Waals surface area contributed by atoms with E-state index in [1.54, 1.807) is 12.1 Å². The topological polar surface area (TPSA) is 78.0 Å². The Balaban J connectivity index is 2.19. The van der Waals surface area contributed by atoms with E-state index < -0.39 is 10.7 Å². The molecule has 0 spiro atoms. The van der Waals surface area contributed by atoms with Crippen LogP contribution in [0.5, 0.6) is 0 Å². The average molecular weight is 346 g/mol. The van der Waals surface area contributed by atoms with Crippen LogP contribution in [-0.2, 0) is 0 Å². The standard InChI is InChI=1S/C16H9ClFN3O3/c17-16-14(9-22)15(10-3-1-6-13(7-10)21(23)24)19-20(16)12-5-2-4-11(18)8-12/h1-9H. The van der Waals surface area contributed by atoms with Crippen LogP contribution in [-0.4, -0.2) is 21.0 Å². The van der Waals surface area contributed by atoms with Crippen molar-refractivity contribution in [3.05, 3.63) is 75.2 Å². The number of aldehydes is 1. The van der Waals surface area contributed by atoms with E-state index in [4.69, 9.17) is 11.6 Å². The van der Waals surface area contributed by atoms with Crippen molar-refractivity contribution in [3.8, 4) is 16.9 Å². The lowest BCUT2D eigenvalue weighted by atomic mass is 10.1. The third-order valence-electron chi connectivity index (χ3n) is 3.36. The van der Waals surface area contributed by atoms with Gasteiger partial charge >= 0.3 is 0 Å². The van der Waals surface area contributed by atoms with Gasteiger partial charge in [-0.25, -0.2) is 9.07 Å². The molecular formula is C16H9ClFN3O3. The highest BCUT2D eigenvalue weighted by atomic mass is 35.5. The molecule has 0 aliphatic heterocycles. The van der Waals surface area contributed by atoms with E-state index in [9.17, 15) is 19.3 Å². The monoisotopic (exact) mass is 345 g/mol. The summed E-state index contributed by atoms with van der Waals surface area (Å²) in [5.41, 5.74) is 0.813. The zero-order chi connectivity index (χ0) is 17.3. The maximum absolute atomic E-state index is 13.4. The number of nitrogens with zero attached hydrogens (tertiary/aromatic N) is 3. The van der Waals surface area contributed by atoms with Gasteiger partial charge in [-0.3, -0.25) is 14.9 Å². The molecule has 0 aliphatic rings. The van der Waals surface area contributed by atoms with Crippen LogP contribution < -0.4 is 0 Å². The first-order valence-corrected chi connectivity index (χ1v) is 7.13. The number of nitro groups is 1. The number of halogens is 2. The summed E-state index contributed by atoms with van der Waals surface area (Å²) in [7, 11) is 0. The van der Waals surface area contributed by atoms with Gasteiger partial charge in [0.05, 0.1) is 16.2 Å². The van der Waals surface area contributed by atoms with E-state index in [1.165, 1.54) is 41.1 Å². The van der Waals surface area contributed by atoms with Crippen molar-refractivity contribution in [3.63, 3.8) is 0 Å². The van der Waals surface area contributed by atoms with Gasteiger partial charge in [-0.15, -0.1) is 0 Å². The SMILES string of the molecule is O=Cc1c(-c2cccc([N+](=O)[O-])c2)nn(-c2cccc(F)c2)c1Cl. The second kappa shape index (κ2) is 6.21. The maximum atomic E-state index is 13.4. The van der Waals surface area contributed by atoms with Gasteiger partial charge in [0.25, 0.3) is 5.69 Å². The summed E-state index contributed by atoms with van der Waals surface area (Å²) < 4.78 is 14.6. The first-order chi connectivity index (χ1) is 11.5. The number of aromatic nitrogens is 2. The van der Waals surface area contributed by atoms with Crippen molar-refractivity contribution in [2.75, 3.05) is 0 Å². The Morgan fingerprint density at radius 3 is 2.62 bits per heavy atom. The minimum absolute atomic E-state index is 0.00268. The number of carbonyl (C=O) groups excluding carboxylic acids is 1. The Labute approximate surface area is 140 Å². The number of carbonyl (C=O) groups is 1. The Bertz CT molecular complexity index is 955. The molecule has 1 aromatic heterocycles. The van der Waals surface area contributed by atoms with Gasteiger partial charge in [0.15, 0.2) is 6.29 Å². The van der Waals surface area contributed by atoms with E-state index in [-0.39, 0.29) is 22.1 Å². The van der Waals surface area contributed by atoms with Crippen LogP contribution >= 0.6 is 11.6 Å². The molecule has 0 aliphatic carbocycles. The molecule has 0 unspecified atom stereocenters. The lowest BCUT2D eigenvalue weighted by Crippen LogP contribution is -1.97. The number of rotatable bonds is 4. The molecule has 2 aromatic carbocycles. The number of hydrogen-bond donors (Lipinski definition) is 0. The number of non-ortho nitro benzene ring substituents is 1. The summed E-state index contributed by atoms with van der Waals surface area (Å²) in [6.45, 7) is 0. The predicted molar refractivity (Wildman–Crippen MR) is 86.0 cm³/mol. The molecule has 24 heavy (non-hydrogen) atoms. The largest absolute Gasteiger partial charge is 0.298 e. The molecule has 0 saturated heterocycles. The fraction of sp³-hybridized carbons (Fsp3) is 0. The fourth-order valence-corrected chi connectivity index (χ4v) is 2.54. The zero-order valence-electron chi connectivity index (χ0n) is 12.0. The molecular weight excluding hydrogens is 337 g/mol. The van der Waals surface area contributed by atoms with Crippen molar-refractivity contribution in [1.29, 1.82) is 0 Å². The van der Waals surface area contributed by atoms with Gasteiger partial charge < -0.3 is 0 Å². The third kappa shape index (κ3) is 2.77. The van der Waals surface area contributed by atoms with Gasteiger partial charge in [-0.2, -0.15) is 5.10 Å². The fourth-order valence-electron chi connectivity index (χ4n) is 2.27. The average Bonchev–Trinajstić information content (AvgIpc) is 2.91. The molecule has 8 heteroatoms. The van der Waals surface area contributed by atoms with E-state index in [1.807, 2.05) is 0 Å². The molecule has 0 fully saturated rings. The van der Waals surface area contributed by atoms with Gasteiger partial charge in [0, 0.05) is 17.7 Å². The highest BCUT2D eigenvalue weighted by Crippen LogP contribution is 2.31. The Hall–Kier alpha value is -3.06. The van der Waals surface area contributed by atoms with Crippen LogP contribution in [0.3, 0.4) is 0 Å². The lowest BCUT2D eigenvalue weighted by molar-refractivity contribution is -0.384. The van der Waals surface area contributed by atoms with Crippen LogP contribution in [0.1, 0.15) is 10.4 Å². The van der Waals surface area contributed by atoms with Crippen molar-refractivity contribution in [1.82, 2.24) is 9.78 Å². The minimum Gasteiger partial charge on any atom is -0.298 e. The summed E-state index contributed by atoms with van der Waals surface area (Å²) in [6, 6.07) is 11.2. The van der Waals surface area contributed by atoms with Crippen molar-refractivity contribution in [2.45, 2.75) is 0 Å². The quantitative estimate of drug-likeness (QED) is 0.406. The molecule has 120 valence electrons. The normalized spacial score (nSPS) is 10.6. The number of nitro benzene ring substituents is 1. The second-order valence-corrected chi connectivity index (χ2v) is 5.23. The summed E-state index contributed by atoms with van der Waals surface area (Å²) in [4.78, 5) is 21.8. The van der Waals surface area contributed by atoms with E-state index >= 15 is 0 Å². The molecule has 0 bridgehead atoms. The number of benzene rings is 2. The molecule has 1 heterocycles. The van der Waals surface area contributed by atoms with Crippen LogP contribution in [0, 0.1) is 15.9 Å². The number of hydrogen-bond acceptors (Lipinski definition) is 4. The molecule has 6 nitrogen and oxygen atoms in total. The van der Waals surface area contributed by atoms with Gasteiger partial charge in [-0.05, 0) is 18.2 Å². The molecule has 3 rings (SSSR count). The molecule has 3 aromatic rings. The molecule has 0 saturated carbocycles. The van der Waals surface area contributed by atoms with Gasteiger partial charge in [0.2, 0.25) is 0 Å². The van der Waals surface area contributed by atoms with Crippen LogP contribution in [0.25, 0.3) is 16.9 Å². The molecule has 0 N–H and O–H groups in total. The van der Waals surface area contributed by atoms with E-state index in [2.05, 4.69) is 5.10 Å². The second-order valence-electron chi connectivity index (χ2n) is 4.87. The molecule has 0 radical (unpaired) electrons. The summed E-state index contributed by atoms with van der Waals surface area (Å²) >= 11 is 6.18. The Morgan fingerprint density at radius 2 is 1.96 bits per heavy atom. The summed E-state index contributed by atoms with van der Waals surface area (Å²) in [5, 5.41) is 15.1. The van der Waals surface area contributed by atoms with Gasteiger partial charge in [-0.1, -0.05) is 29.8 Å². The van der Waals surface area contributed by atoms with Crippen molar-refractivity contribution < 1.29 is 14.1 Å². The minimum atomic E-state index is -0.546. The highest BCUT2D eigenvalue weighted by Gasteiger charge is 2.20. The zero-order valence-corrected chi connectivity index (χ0v) is 12.8. The smallest absolute Gasteiger partial charge is 0.270 e. The molecule has 0 amide bonds. The Morgan fingerprint density at radius 1 is 1.21 bits per heavy atom. The lowest BCUT2D eigenvalue weighted by Gasteiger charge is -2.02. The van der Waals surface area contributed by atoms with Crippen LogP contribution in [0.4, 0.5) is 10.1 Å².